The Morgan fingerprint density at radius 3 is 2.57 bits per heavy atom. The number of hydrogen-bond donors (Lipinski definition) is 1. The van der Waals surface area contributed by atoms with Crippen LogP contribution < -0.4 is 0 Å². The fourth-order valence-corrected chi connectivity index (χ4v) is 1.54. The fraction of sp³-hybridized carbons (Fsp3) is 0.364. The second-order valence-corrected chi connectivity index (χ2v) is 3.58. The molecule has 1 N–H and O–H groups in total. The number of halogens is 1. The van der Waals surface area contributed by atoms with Crippen molar-refractivity contribution in [1.29, 1.82) is 0 Å². The van der Waals surface area contributed by atoms with Crippen molar-refractivity contribution in [3.63, 3.8) is 0 Å². The Bertz CT molecular complexity index is 345. The summed E-state index contributed by atoms with van der Waals surface area (Å²) < 4.78 is 14.0. The van der Waals surface area contributed by atoms with Crippen LogP contribution in [-0.4, -0.2) is 11.1 Å². The second kappa shape index (κ2) is 3.78. The Kier molecular flexibility index (Phi) is 2.89. The first kappa shape index (κ1) is 10.7. The highest BCUT2D eigenvalue weighted by atomic mass is 19.1. The molecule has 0 saturated heterocycles. The van der Waals surface area contributed by atoms with E-state index in [9.17, 15) is 9.18 Å². The molecule has 0 aliphatic rings. The number of carboxylic acid groups (broad SMARTS) is 1. The van der Waals surface area contributed by atoms with Crippen molar-refractivity contribution < 1.29 is 14.3 Å². The molecule has 1 unspecified atom stereocenters. The standard InChI is InChI=1S/C11H13FO2/c1-8-5-3-4-6-9(8)11(2,12)7-10(13)14/h3-6H,7H2,1-2H3,(H,13,14). The summed E-state index contributed by atoms with van der Waals surface area (Å²) in [5, 5.41) is 8.56. The average Bonchev–Trinajstić information content (AvgIpc) is 2.02. The highest BCUT2D eigenvalue weighted by Gasteiger charge is 2.30. The number of rotatable bonds is 3. The normalized spacial score (nSPS) is 14.8. The predicted octanol–water partition coefficient (Wildman–Crippen LogP) is 2.65. The summed E-state index contributed by atoms with van der Waals surface area (Å²) in [6, 6.07) is 6.91. The van der Waals surface area contributed by atoms with Crippen molar-refractivity contribution in [2.75, 3.05) is 0 Å². The zero-order chi connectivity index (χ0) is 10.8. The molecular formula is C11H13FO2. The summed E-state index contributed by atoms with van der Waals surface area (Å²) in [6.07, 6.45) is -0.502. The molecule has 3 heteroatoms. The first-order chi connectivity index (χ1) is 6.43. The number of benzene rings is 1. The third-order valence-electron chi connectivity index (χ3n) is 2.19. The maximum Gasteiger partial charge on any atom is 0.306 e. The minimum atomic E-state index is -1.79. The molecule has 0 bridgehead atoms. The molecule has 0 spiro atoms. The van der Waals surface area contributed by atoms with Gasteiger partial charge in [-0.05, 0) is 25.0 Å². The van der Waals surface area contributed by atoms with Gasteiger partial charge in [0, 0.05) is 0 Å². The number of aryl methyl sites for hydroxylation is 1. The van der Waals surface area contributed by atoms with Crippen LogP contribution >= 0.6 is 0 Å². The summed E-state index contributed by atoms with van der Waals surface area (Å²) in [5.41, 5.74) is -0.571. The van der Waals surface area contributed by atoms with E-state index in [1.165, 1.54) is 6.92 Å². The van der Waals surface area contributed by atoms with Gasteiger partial charge in [-0.25, -0.2) is 4.39 Å². The van der Waals surface area contributed by atoms with Crippen LogP contribution in [0.1, 0.15) is 24.5 Å². The largest absolute Gasteiger partial charge is 0.481 e. The molecule has 14 heavy (non-hydrogen) atoms. The Morgan fingerprint density at radius 2 is 2.07 bits per heavy atom. The Morgan fingerprint density at radius 1 is 1.50 bits per heavy atom. The fourth-order valence-electron chi connectivity index (χ4n) is 1.54. The number of alkyl halides is 1. The molecule has 0 saturated carbocycles. The van der Waals surface area contributed by atoms with E-state index in [2.05, 4.69) is 0 Å². The molecule has 1 atom stereocenters. The molecule has 0 fully saturated rings. The summed E-state index contributed by atoms with van der Waals surface area (Å²) in [5.74, 6) is -1.13. The molecule has 0 heterocycles. The van der Waals surface area contributed by atoms with E-state index in [0.717, 1.165) is 5.56 Å². The van der Waals surface area contributed by atoms with Gasteiger partial charge in [-0.3, -0.25) is 4.79 Å². The lowest BCUT2D eigenvalue weighted by molar-refractivity contribution is -0.140. The molecular weight excluding hydrogens is 183 g/mol. The molecule has 0 amide bonds. The molecule has 0 aliphatic carbocycles. The highest BCUT2D eigenvalue weighted by Crippen LogP contribution is 2.31. The highest BCUT2D eigenvalue weighted by molar-refractivity contribution is 5.68. The quantitative estimate of drug-likeness (QED) is 0.806. The second-order valence-electron chi connectivity index (χ2n) is 3.58. The zero-order valence-corrected chi connectivity index (χ0v) is 8.25. The molecule has 1 rings (SSSR count). The SMILES string of the molecule is Cc1ccccc1C(C)(F)CC(=O)O. The molecule has 0 aromatic heterocycles. The Balaban J connectivity index is 3.03. The summed E-state index contributed by atoms with van der Waals surface area (Å²) >= 11 is 0. The Hall–Kier alpha value is -1.38. The van der Waals surface area contributed by atoms with E-state index < -0.39 is 18.1 Å². The number of carboxylic acids is 1. The van der Waals surface area contributed by atoms with E-state index >= 15 is 0 Å². The van der Waals surface area contributed by atoms with Crippen molar-refractivity contribution >= 4 is 5.97 Å². The topological polar surface area (TPSA) is 37.3 Å². The van der Waals surface area contributed by atoms with Gasteiger partial charge in [-0.15, -0.1) is 0 Å². The molecule has 76 valence electrons. The third kappa shape index (κ3) is 2.31. The van der Waals surface area contributed by atoms with Crippen molar-refractivity contribution in [3.8, 4) is 0 Å². The number of aliphatic carboxylic acids is 1. The predicted molar refractivity (Wildman–Crippen MR) is 51.9 cm³/mol. The van der Waals surface area contributed by atoms with Gasteiger partial charge in [0.2, 0.25) is 0 Å². The third-order valence-corrected chi connectivity index (χ3v) is 2.19. The van der Waals surface area contributed by atoms with Gasteiger partial charge in [0.25, 0.3) is 0 Å². The van der Waals surface area contributed by atoms with Crippen LogP contribution in [0.4, 0.5) is 4.39 Å². The maximum absolute atomic E-state index is 14.0. The lowest BCUT2D eigenvalue weighted by Gasteiger charge is -2.20. The molecule has 1 aromatic rings. The van der Waals surface area contributed by atoms with Crippen LogP contribution in [0.25, 0.3) is 0 Å². The van der Waals surface area contributed by atoms with Crippen LogP contribution in [0, 0.1) is 6.92 Å². The van der Waals surface area contributed by atoms with Crippen LogP contribution in [0.3, 0.4) is 0 Å². The van der Waals surface area contributed by atoms with Gasteiger partial charge >= 0.3 is 5.97 Å². The van der Waals surface area contributed by atoms with E-state index in [1.54, 1.807) is 31.2 Å². The minimum Gasteiger partial charge on any atom is -0.481 e. The average molecular weight is 196 g/mol. The molecule has 0 radical (unpaired) electrons. The van der Waals surface area contributed by atoms with Crippen molar-refractivity contribution in [2.45, 2.75) is 25.9 Å². The first-order valence-electron chi connectivity index (χ1n) is 4.40. The van der Waals surface area contributed by atoms with E-state index in [1.807, 2.05) is 0 Å². The minimum absolute atomic E-state index is 0.447. The summed E-state index contributed by atoms with van der Waals surface area (Å²) in [4.78, 5) is 10.5. The first-order valence-corrected chi connectivity index (χ1v) is 4.40. The smallest absolute Gasteiger partial charge is 0.306 e. The van der Waals surface area contributed by atoms with Crippen LogP contribution in [0.5, 0.6) is 0 Å². The van der Waals surface area contributed by atoms with Gasteiger partial charge in [0.15, 0.2) is 0 Å². The lowest BCUT2D eigenvalue weighted by Crippen LogP contribution is -2.21. The molecule has 0 aliphatic heterocycles. The zero-order valence-electron chi connectivity index (χ0n) is 8.25. The van der Waals surface area contributed by atoms with Gasteiger partial charge in [-0.1, -0.05) is 24.3 Å². The number of hydrogen-bond acceptors (Lipinski definition) is 1. The van der Waals surface area contributed by atoms with E-state index in [0.29, 0.717) is 5.56 Å². The van der Waals surface area contributed by atoms with E-state index in [-0.39, 0.29) is 0 Å². The van der Waals surface area contributed by atoms with Crippen molar-refractivity contribution in [2.24, 2.45) is 0 Å². The van der Waals surface area contributed by atoms with Gasteiger partial charge in [0.1, 0.15) is 5.67 Å². The van der Waals surface area contributed by atoms with Crippen molar-refractivity contribution in [1.82, 2.24) is 0 Å². The molecule has 2 nitrogen and oxygen atoms in total. The van der Waals surface area contributed by atoms with Crippen LogP contribution in [0.2, 0.25) is 0 Å². The van der Waals surface area contributed by atoms with Gasteiger partial charge in [0.05, 0.1) is 6.42 Å². The van der Waals surface area contributed by atoms with E-state index in [4.69, 9.17) is 5.11 Å². The number of carbonyl (C=O) groups is 1. The Labute approximate surface area is 82.4 Å². The molecule has 1 aromatic carbocycles. The monoisotopic (exact) mass is 196 g/mol. The maximum atomic E-state index is 14.0. The van der Waals surface area contributed by atoms with Gasteiger partial charge < -0.3 is 5.11 Å². The summed E-state index contributed by atoms with van der Waals surface area (Å²) in [7, 11) is 0. The summed E-state index contributed by atoms with van der Waals surface area (Å²) in [6.45, 7) is 3.07. The lowest BCUT2D eigenvalue weighted by atomic mass is 9.91. The van der Waals surface area contributed by atoms with Crippen molar-refractivity contribution in [3.05, 3.63) is 35.4 Å². The van der Waals surface area contributed by atoms with Gasteiger partial charge in [-0.2, -0.15) is 0 Å². The van der Waals surface area contributed by atoms with Crippen LogP contribution in [-0.2, 0) is 10.5 Å². The van der Waals surface area contributed by atoms with Crippen LogP contribution in [0.15, 0.2) is 24.3 Å².